The molecule has 2 rings (SSSR count). The van der Waals surface area contributed by atoms with E-state index >= 15 is 0 Å². The van der Waals surface area contributed by atoms with E-state index in [1.165, 1.54) is 29.1 Å². The molecule has 1 fully saturated rings. The van der Waals surface area contributed by atoms with E-state index in [9.17, 15) is 0 Å². The highest BCUT2D eigenvalue weighted by Crippen LogP contribution is 2.25. The summed E-state index contributed by atoms with van der Waals surface area (Å²) in [4.78, 5) is 5.63. The van der Waals surface area contributed by atoms with Gasteiger partial charge < -0.3 is 5.32 Å². The summed E-state index contributed by atoms with van der Waals surface area (Å²) in [6, 6.07) is 5.91. The lowest BCUT2D eigenvalue weighted by molar-refractivity contribution is 0.118. The number of likely N-dealkylation sites (tertiary alicyclic amines) is 1. The summed E-state index contributed by atoms with van der Waals surface area (Å²) in [6.07, 6.45) is 2.75. The molecule has 2 unspecified atom stereocenters. The van der Waals surface area contributed by atoms with E-state index < -0.39 is 0 Å². The van der Waals surface area contributed by atoms with Crippen LogP contribution in [0.25, 0.3) is 0 Å². The van der Waals surface area contributed by atoms with Gasteiger partial charge in [0.2, 0.25) is 0 Å². The summed E-state index contributed by atoms with van der Waals surface area (Å²) in [7, 11) is 0. The van der Waals surface area contributed by atoms with Crippen LogP contribution in [-0.2, 0) is 13.1 Å². The summed E-state index contributed by atoms with van der Waals surface area (Å²) in [6.45, 7) is 12.6. The zero-order chi connectivity index (χ0) is 13.8. The number of nitrogens with zero attached hydrogens (tertiary/aromatic N) is 1. The van der Waals surface area contributed by atoms with Gasteiger partial charge in [-0.25, -0.2) is 0 Å². The van der Waals surface area contributed by atoms with Gasteiger partial charge in [0.05, 0.1) is 0 Å². The second-order valence-corrected chi connectivity index (χ2v) is 7.62. The van der Waals surface area contributed by atoms with Crippen molar-refractivity contribution in [3.8, 4) is 0 Å². The third-order valence-corrected chi connectivity index (χ3v) is 5.08. The van der Waals surface area contributed by atoms with Gasteiger partial charge in [-0.15, -0.1) is 11.3 Å². The Bertz CT molecular complexity index is 386. The molecule has 1 aliphatic rings. The molecule has 1 N–H and O–H groups in total. The van der Waals surface area contributed by atoms with Crippen LogP contribution in [0.15, 0.2) is 12.1 Å². The molecule has 0 spiro atoms. The maximum atomic E-state index is 3.49. The molecule has 0 aliphatic carbocycles. The van der Waals surface area contributed by atoms with E-state index in [4.69, 9.17) is 0 Å². The molecule has 1 aromatic rings. The Morgan fingerprint density at radius 2 is 2.00 bits per heavy atom. The lowest BCUT2D eigenvalue weighted by atomic mass is 9.95. The van der Waals surface area contributed by atoms with Crippen molar-refractivity contribution in [3.63, 3.8) is 0 Å². The largest absolute Gasteiger partial charge is 0.310 e. The summed E-state index contributed by atoms with van der Waals surface area (Å²) in [5, 5.41) is 3.49. The molecule has 0 radical (unpaired) electrons. The van der Waals surface area contributed by atoms with Gasteiger partial charge in [0.15, 0.2) is 0 Å². The van der Waals surface area contributed by atoms with Gasteiger partial charge >= 0.3 is 0 Å². The third-order valence-electron chi connectivity index (χ3n) is 4.01. The highest BCUT2D eigenvalue weighted by atomic mass is 32.1. The molecule has 108 valence electrons. The van der Waals surface area contributed by atoms with Gasteiger partial charge in [-0.1, -0.05) is 20.8 Å². The summed E-state index contributed by atoms with van der Waals surface area (Å²) >= 11 is 1.97. The van der Waals surface area contributed by atoms with Crippen molar-refractivity contribution in [2.75, 3.05) is 6.54 Å². The molecule has 2 nitrogen and oxygen atoms in total. The van der Waals surface area contributed by atoms with Gasteiger partial charge in [-0.05, 0) is 37.8 Å². The Morgan fingerprint density at radius 1 is 1.26 bits per heavy atom. The Hall–Kier alpha value is -0.380. The standard InChI is InChI=1S/C16H28N2S/c1-12(2)17-9-15-7-8-16(19-15)11-18-10-13(3)5-6-14(18)4/h7-8,12-14,17H,5-6,9-11H2,1-4H3. The van der Waals surface area contributed by atoms with Crippen LogP contribution in [0.4, 0.5) is 0 Å². The van der Waals surface area contributed by atoms with Crippen LogP contribution in [0.1, 0.15) is 50.3 Å². The van der Waals surface area contributed by atoms with Crippen molar-refractivity contribution in [2.45, 2.75) is 65.7 Å². The number of hydrogen-bond acceptors (Lipinski definition) is 3. The topological polar surface area (TPSA) is 15.3 Å². The molecule has 0 bridgehead atoms. The van der Waals surface area contributed by atoms with Gasteiger partial charge in [0.1, 0.15) is 0 Å². The highest BCUT2D eigenvalue weighted by Gasteiger charge is 2.23. The van der Waals surface area contributed by atoms with Crippen LogP contribution >= 0.6 is 11.3 Å². The van der Waals surface area contributed by atoms with Crippen molar-refractivity contribution >= 4 is 11.3 Å². The van der Waals surface area contributed by atoms with Crippen LogP contribution in [0.2, 0.25) is 0 Å². The highest BCUT2D eigenvalue weighted by molar-refractivity contribution is 7.11. The molecule has 2 atom stereocenters. The predicted molar refractivity (Wildman–Crippen MR) is 84.6 cm³/mol. The second kappa shape index (κ2) is 6.87. The Balaban J connectivity index is 1.88. The first-order chi connectivity index (χ1) is 9.04. The zero-order valence-electron chi connectivity index (χ0n) is 12.8. The molecule has 0 amide bonds. The number of hydrogen-bond donors (Lipinski definition) is 1. The first kappa shape index (κ1) is 15.0. The minimum atomic E-state index is 0.563. The number of nitrogens with one attached hydrogen (secondary N) is 1. The molecule has 1 aromatic heterocycles. The molecule has 1 saturated heterocycles. The molecule has 19 heavy (non-hydrogen) atoms. The SMILES string of the molecule is CC1CCC(C)N(Cc2ccc(CNC(C)C)s2)C1. The van der Waals surface area contributed by atoms with Crippen LogP contribution in [-0.4, -0.2) is 23.5 Å². The van der Waals surface area contributed by atoms with Crippen LogP contribution in [0, 0.1) is 5.92 Å². The average molecular weight is 280 g/mol. The van der Waals surface area contributed by atoms with Crippen molar-refractivity contribution in [1.29, 1.82) is 0 Å². The Morgan fingerprint density at radius 3 is 2.74 bits per heavy atom. The van der Waals surface area contributed by atoms with Gasteiger partial charge in [-0.3, -0.25) is 4.90 Å². The summed E-state index contributed by atoms with van der Waals surface area (Å²) in [5.74, 6) is 0.859. The predicted octanol–water partition coefficient (Wildman–Crippen LogP) is 3.87. The fourth-order valence-corrected chi connectivity index (χ4v) is 3.70. The van der Waals surface area contributed by atoms with Gasteiger partial charge in [0.25, 0.3) is 0 Å². The van der Waals surface area contributed by atoms with E-state index in [2.05, 4.69) is 50.0 Å². The minimum absolute atomic E-state index is 0.563. The molecular weight excluding hydrogens is 252 g/mol. The lowest BCUT2D eigenvalue weighted by Crippen LogP contribution is -2.40. The van der Waals surface area contributed by atoms with Crippen molar-refractivity contribution in [1.82, 2.24) is 10.2 Å². The fraction of sp³-hybridized carbons (Fsp3) is 0.750. The first-order valence-corrected chi connectivity index (χ1v) is 8.41. The smallest absolute Gasteiger partial charge is 0.0330 e. The van der Waals surface area contributed by atoms with Crippen LogP contribution < -0.4 is 5.32 Å². The van der Waals surface area contributed by atoms with E-state index in [0.29, 0.717) is 6.04 Å². The van der Waals surface area contributed by atoms with Crippen LogP contribution in [0.3, 0.4) is 0 Å². The molecule has 0 aromatic carbocycles. The number of piperidine rings is 1. The second-order valence-electron chi connectivity index (χ2n) is 6.36. The van der Waals surface area contributed by atoms with E-state index in [-0.39, 0.29) is 0 Å². The molecule has 2 heterocycles. The van der Waals surface area contributed by atoms with Crippen molar-refractivity contribution in [3.05, 3.63) is 21.9 Å². The maximum Gasteiger partial charge on any atom is 0.0330 e. The van der Waals surface area contributed by atoms with Crippen molar-refractivity contribution in [2.24, 2.45) is 5.92 Å². The molecular formula is C16H28N2S. The van der Waals surface area contributed by atoms with E-state index in [1.54, 1.807) is 0 Å². The molecule has 1 aliphatic heterocycles. The summed E-state index contributed by atoms with van der Waals surface area (Å²) < 4.78 is 0. The zero-order valence-corrected chi connectivity index (χ0v) is 13.6. The van der Waals surface area contributed by atoms with E-state index in [1.807, 2.05) is 11.3 Å². The monoisotopic (exact) mass is 280 g/mol. The molecule has 0 saturated carbocycles. The average Bonchev–Trinajstić information content (AvgIpc) is 2.79. The lowest BCUT2D eigenvalue weighted by Gasteiger charge is -2.36. The fourth-order valence-electron chi connectivity index (χ4n) is 2.71. The van der Waals surface area contributed by atoms with Crippen molar-refractivity contribution < 1.29 is 0 Å². The summed E-state index contributed by atoms with van der Waals surface area (Å²) in [5.41, 5.74) is 0. The molecule has 3 heteroatoms. The third kappa shape index (κ3) is 4.59. The van der Waals surface area contributed by atoms with Gasteiger partial charge in [0, 0.05) is 41.5 Å². The maximum absolute atomic E-state index is 3.49. The Kier molecular flexibility index (Phi) is 5.43. The van der Waals surface area contributed by atoms with E-state index in [0.717, 1.165) is 25.0 Å². The number of thiophene rings is 1. The normalized spacial score (nSPS) is 25.1. The minimum Gasteiger partial charge on any atom is -0.310 e. The Labute approximate surface area is 122 Å². The first-order valence-electron chi connectivity index (χ1n) is 7.59. The quantitative estimate of drug-likeness (QED) is 0.881. The van der Waals surface area contributed by atoms with Crippen LogP contribution in [0.5, 0.6) is 0 Å². The van der Waals surface area contributed by atoms with Gasteiger partial charge in [-0.2, -0.15) is 0 Å². The number of rotatable bonds is 5.